The molecule has 0 saturated carbocycles. The summed E-state index contributed by atoms with van der Waals surface area (Å²) >= 11 is 2.84. The highest BCUT2D eigenvalue weighted by Gasteiger charge is 2.12. The number of carbonyl (C=O) groups is 1. The van der Waals surface area contributed by atoms with E-state index in [-0.39, 0.29) is 17.3 Å². The number of anilines is 1. The Morgan fingerprint density at radius 2 is 2.15 bits per heavy atom. The van der Waals surface area contributed by atoms with Crippen LogP contribution in [0.4, 0.5) is 10.1 Å². The predicted octanol–water partition coefficient (Wildman–Crippen LogP) is 3.45. The number of thiazole rings is 1. The molecule has 1 amide bonds. The van der Waals surface area contributed by atoms with Gasteiger partial charge < -0.3 is 5.32 Å². The second-order valence-corrected chi connectivity index (χ2v) is 7.84. The Hall–Kier alpha value is -2.85. The molecule has 10 heteroatoms. The molecule has 0 radical (unpaired) electrons. The lowest BCUT2D eigenvalue weighted by molar-refractivity contribution is -0.113. The number of aromatic nitrogens is 5. The first-order valence-corrected chi connectivity index (χ1v) is 9.73. The molecule has 1 N–H and O–H groups in total. The molecule has 0 unspecified atom stereocenters. The first-order valence-electron chi connectivity index (χ1n) is 7.93. The number of amides is 1. The van der Waals surface area contributed by atoms with Gasteiger partial charge in [-0.3, -0.25) is 4.79 Å². The van der Waals surface area contributed by atoms with Crippen molar-refractivity contribution in [3.05, 3.63) is 54.1 Å². The molecule has 2 aromatic heterocycles. The van der Waals surface area contributed by atoms with Crippen LogP contribution in [-0.4, -0.2) is 36.9 Å². The molecule has 4 rings (SSSR count). The molecule has 136 valence electrons. The second-order valence-electron chi connectivity index (χ2n) is 5.59. The Bertz CT molecular complexity index is 1090. The van der Waals surface area contributed by atoms with Gasteiger partial charge in [-0.1, -0.05) is 23.9 Å². The summed E-state index contributed by atoms with van der Waals surface area (Å²) in [4.78, 5) is 16.7. The third-order valence-electron chi connectivity index (χ3n) is 3.70. The highest BCUT2D eigenvalue weighted by Crippen LogP contribution is 2.29. The van der Waals surface area contributed by atoms with Crippen LogP contribution in [0.25, 0.3) is 15.9 Å². The Labute approximate surface area is 161 Å². The van der Waals surface area contributed by atoms with Gasteiger partial charge in [0.15, 0.2) is 10.2 Å². The summed E-state index contributed by atoms with van der Waals surface area (Å²) in [6.45, 7) is 1.73. The van der Waals surface area contributed by atoms with Crippen molar-refractivity contribution in [1.82, 2.24) is 25.2 Å². The minimum atomic E-state index is -0.525. The number of hydrogen-bond donors (Lipinski definition) is 1. The molecule has 7 nitrogen and oxygen atoms in total. The van der Waals surface area contributed by atoms with Crippen molar-refractivity contribution in [3.63, 3.8) is 0 Å². The summed E-state index contributed by atoms with van der Waals surface area (Å²) in [5.74, 6) is -0.148. The quantitative estimate of drug-likeness (QED) is 0.517. The van der Waals surface area contributed by atoms with Crippen LogP contribution in [0.1, 0.15) is 5.82 Å². The minimum absolute atomic E-state index is 0.0808. The average Bonchev–Trinajstić information content (AvgIpc) is 3.27. The van der Waals surface area contributed by atoms with E-state index in [1.807, 2.05) is 24.3 Å². The molecule has 0 aliphatic carbocycles. The Morgan fingerprint density at radius 3 is 2.93 bits per heavy atom. The van der Waals surface area contributed by atoms with Crippen molar-refractivity contribution in [1.29, 1.82) is 0 Å². The van der Waals surface area contributed by atoms with Crippen LogP contribution >= 0.6 is 23.1 Å². The van der Waals surface area contributed by atoms with E-state index < -0.39 is 5.82 Å². The standard InChI is InChI=1S/C17H13FN6OS2/c1-10-21-22-23-24(10)11-6-7-12(18)14(8-11)19-16(25)9-26-17-20-13-4-2-3-5-15(13)27-17/h2-8H,9H2,1H3,(H,19,25). The van der Waals surface area contributed by atoms with Gasteiger partial charge in [0.25, 0.3) is 0 Å². The maximum Gasteiger partial charge on any atom is 0.234 e. The van der Waals surface area contributed by atoms with Crippen LogP contribution < -0.4 is 5.32 Å². The van der Waals surface area contributed by atoms with Crippen molar-refractivity contribution in [2.24, 2.45) is 0 Å². The molecule has 0 aliphatic rings. The molecule has 27 heavy (non-hydrogen) atoms. The van der Waals surface area contributed by atoms with Gasteiger partial charge >= 0.3 is 0 Å². The van der Waals surface area contributed by atoms with Crippen LogP contribution in [0.3, 0.4) is 0 Å². The van der Waals surface area contributed by atoms with Crippen molar-refractivity contribution in [2.75, 3.05) is 11.1 Å². The van der Waals surface area contributed by atoms with Crippen LogP contribution in [-0.2, 0) is 4.79 Å². The first-order chi connectivity index (χ1) is 13.1. The lowest BCUT2D eigenvalue weighted by Gasteiger charge is -2.08. The number of carbonyl (C=O) groups excluding carboxylic acids is 1. The number of para-hydroxylation sites is 1. The van der Waals surface area contributed by atoms with Crippen LogP contribution in [0.15, 0.2) is 46.8 Å². The van der Waals surface area contributed by atoms with E-state index in [9.17, 15) is 9.18 Å². The van der Waals surface area contributed by atoms with Crippen LogP contribution in [0, 0.1) is 12.7 Å². The number of rotatable bonds is 5. The number of hydrogen-bond acceptors (Lipinski definition) is 7. The van der Waals surface area contributed by atoms with Crippen molar-refractivity contribution in [2.45, 2.75) is 11.3 Å². The maximum atomic E-state index is 14.1. The number of fused-ring (bicyclic) bond motifs is 1. The number of tetrazole rings is 1. The topological polar surface area (TPSA) is 85.6 Å². The molecule has 0 bridgehead atoms. The van der Waals surface area contributed by atoms with Gasteiger partial charge in [0, 0.05) is 0 Å². The van der Waals surface area contributed by atoms with E-state index in [2.05, 4.69) is 25.8 Å². The third-order valence-corrected chi connectivity index (χ3v) is 5.87. The van der Waals surface area contributed by atoms with Crippen LogP contribution in [0.2, 0.25) is 0 Å². The van der Waals surface area contributed by atoms with E-state index in [0.717, 1.165) is 14.6 Å². The number of nitrogens with one attached hydrogen (secondary N) is 1. The lowest BCUT2D eigenvalue weighted by Crippen LogP contribution is -2.15. The van der Waals surface area contributed by atoms with E-state index in [4.69, 9.17) is 0 Å². The summed E-state index contributed by atoms with van der Waals surface area (Å²) in [5.41, 5.74) is 1.55. The zero-order valence-electron chi connectivity index (χ0n) is 14.1. The van der Waals surface area contributed by atoms with E-state index >= 15 is 0 Å². The SMILES string of the molecule is Cc1nnnn1-c1ccc(F)c(NC(=O)CSc2nc3ccccc3s2)c1. The normalized spacial score (nSPS) is 11.0. The highest BCUT2D eigenvalue weighted by molar-refractivity contribution is 8.01. The highest BCUT2D eigenvalue weighted by atomic mass is 32.2. The number of halogens is 1. The van der Waals surface area contributed by atoms with Crippen LogP contribution in [0.5, 0.6) is 0 Å². The molecule has 2 aromatic carbocycles. The summed E-state index contributed by atoms with van der Waals surface area (Å²) in [5, 5.41) is 13.8. The molecular weight excluding hydrogens is 387 g/mol. The van der Waals surface area contributed by atoms with Gasteiger partial charge in [0.2, 0.25) is 5.91 Å². The summed E-state index contributed by atoms with van der Waals surface area (Å²) in [7, 11) is 0. The zero-order valence-corrected chi connectivity index (χ0v) is 15.7. The van der Waals surface area contributed by atoms with E-state index in [1.165, 1.54) is 39.9 Å². The molecule has 0 atom stereocenters. The molecule has 2 heterocycles. The number of thioether (sulfide) groups is 1. The number of aryl methyl sites for hydroxylation is 1. The molecule has 4 aromatic rings. The van der Waals surface area contributed by atoms with Crippen molar-refractivity contribution in [3.8, 4) is 5.69 Å². The van der Waals surface area contributed by atoms with Crippen molar-refractivity contribution >= 4 is 44.9 Å². The van der Waals surface area contributed by atoms with Gasteiger partial charge in [-0.05, 0) is 47.7 Å². The van der Waals surface area contributed by atoms with Gasteiger partial charge in [-0.25, -0.2) is 9.37 Å². The average molecular weight is 400 g/mol. The van der Waals surface area contributed by atoms with Crippen molar-refractivity contribution < 1.29 is 9.18 Å². The molecule has 0 saturated heterocycles. The summed E-state index contributed by atoms with van der Waals surface area (Å²) < 4.78 is 17.4. The predicted molar refractivity (Wildman–Crippen MR) is 103 cm³/mol. The van der Waals surface area contributed by atoms with E-state index in [0.29, 0.717) is 11.5 Å². The lowest BCUT2D eigenvalue weighted by atomic mass is 10.2. The number of benzene rings is 2. The zero-order chi connectivity index (χ0) is 18.8. The largest absolute Gasteiger partial charge is 0.323 e. The summed E-state index contributed by atoms with van der Waals surface area (Å²) in [6.07, 6.45) is 0. The summed E-state index contributed by atoms with van der Waals surface area (Å²) in [6, 6.07) is 12.1. The Balaban J connectivity index is 1.45. The smallest absolute Gasteiger partial charge is 0.234 e. The van der Waals surface area contributed by atoms with E-state index in [1.54, 1.807) is 13.0 Å². The molecular formula is C17H13FN6OS2. The molecule has 0 aliphatic heterocycles. The third kappa shape index (κ3) is 3.81. The second kappa shape index (κ2) is 7.41. The molecule has 0 fully saturated rings. The fourth-order valence-corrected chi connectivity index (χ4v) is 4.31. The van der Waals surface area contributed by atoms with Gasteiger partial charge in [-0.2, -0.15) is 4.68 Å². The monoisotopic (exact) mass is 400 g/mol. The Morgan fingerprint density at radius 1 is 1.30 bits per heavy atom. The van der Waals surface area contributed by atoms with Gasteiger partial charge in [-0.15, -0.1) is 16.4 Å². The fraction of sp³-hybridized carbons (Fsp3) is 0.118. The van der Waals surface area contributed by atoms with Gasteiger partial charge in [0.1, 0.15) is 5.82 Å². The first kappa shape index (κ1) is 17.6. The fourth-order valence-electron chi connectivity index (χ4n) is 2.44. The number of nitrogens with zero attached hydrogens (tertiary/aromatic N) is 5. The minimum Gasteiger partial charge on any atom is -0.323 e. The Kier molecular flexibility index (Phi) is 4.82. The van der Waals surface area contributed by atoms with Gasteiger partial charge in [0.05, 0.1) is 27.3 Å². The molecule has 0 spiro atoms. The maximum absolute atomic E-state index is 14.1.